The molecule has 0 radical (unpaired) electrons. The fraction of sp³-hybridized carbons (Fsp3) is 0.526. The lowest BCUT2D eigenvalue weighted by molar-refractivity contribution is 0.0724. The molecule has 0 unspecified atom stereocenters. The summed E-state index contributed by atoms with van der Waals surface area (Å²) >= 11 is 0. The Balaban J connectivity index is 1.32. The van der Waals surface area contributed by atoms with Gasteiger partial charge in [-0.25, -0.2) is 14.8 Å². The molecule has 2 amide bonds. The Morgan fingerprint density at radius 2 is 1.57 bits per heavy atom. The fourth-order valence-electron chi connectivity index (χ4n) is 3.73. The third-order valence-corrected chi connectivity index (χ3v) is 5.33. The van der Waals surface area contributed by atoms with Crippen molar-refractivity contribution in [1.82, 2.24) is 34.4 Å². The van der Waals surface area contributed by atoms with Crippen molar-refractivity contribution >= 4 is 11.9 Å². The number of hydrogen-bond donors (Lipinski definition) is 0. The second-order valence-electron chi connectivity index (χ2n) is 7.32. The van der Waals surface area contributed by atoms with Gasteiger partial charge in [-0.15, -0.1) is 0 Å². The molecule has 4 heterocycles. The number of carbonyl (C=O) groups is 2. The number of hydrogen-bond acceptors (Lipinski definition) is 6. The van der Waals surface area contributed by atoms with Gasteiger partial charge in [-0.2, -0.15) is 9.78 Å². The van der Waals surface area contributed by atoms with Crippen LogP contribution in [-0.2, 0) is 6.54 Å². The van der Waals surface area contributed by atoms with Crippen LogP contribution in [0.15, 0.2) is 31.1 Å². The summed E-state index contributed by atoms with van der Waals surface area (Å²) in [7, 11) is 0. The van der Waals surface area contributed by atoms with Crippen LogP contribution in [-0.4, -0.2) is 85.7 Å². The first-order valence-electron chi connectivity index (χ1n) is 9.80. The van der Waals surface area contributed by atoms with Crippen LogP contribution in [0.2, 0.25) is 0 Å². The third-order valence-electron chi connectivity index (χ3n) is 5.33. The number of piperazine rings is 1. The lowest BCUT2D eigenvalue weighted by Crippen LogP contribution is -2.49. The Labute approximate surface area is 164 Å². The highest BCUT2D eigenvalue weighted by molar-refractivity contribution is 5.94. The van der Waals surface area contributed by atoms with E-state index in [-0.39, 0.29) is 11.9 Å². The van der Waals surface area contributed by atoms with Crippen LogP contribution in [0.5, 0.6) is 0 Å². The van der Waals surface area contributed by atoms with Gasteiger partial charge in [0.1, 0.15) is 6.33 Å². The van der Waals surface area contributed by atoms with E-state index in [1.165, 1.54) is 23.6 Å². The molecule has 2 aliphatic heterocycles. The predicted molar refractivity (Wildman–Crippen MR) is 102 cm³/mol. The van der Waals surface area contributed by atoms with E-state index < -0.39 is 0 Å². The number of amides is 2. The summed E-state index contributed by atoms with van der Waals surface area (Å²) in [5.41, 5.74) is 1.55. The lowest BCUT2D eigenvalue weighted by atomic mass is 10.1. The molecule has 9 heteroatoms. The third kappa shape index (κ3) is 4.19. The molecule has 0 atom stereocenters. The van der Waals surface area contributed by atoms with Crippen LogP contribution in [0.1, 0.15) is 35.2 Å². The minimum atomic E-state index is -0.180. The zero-order valence-electron chi connectivity index (χ0n) is 15.9. The van der Waals surface area contributed by atoms with E-state index in [0.29, 0.717) is 18.7 Å². The Hall–Kier alpha value is -2.81. The molecule has 148 valence electrons. The molecule has 0 spiro atoms. The molecular formula is C19H25N7O2. The molecule has 0 aromatic carbocycles. The van der Waals surface area contributed by atoms with Gasteiger partial charge in [0, 0.05) is 70.0 Å². The number of carbonyl (C=O) groups excluding carboxylic acids is 2. The van der Waals surface area contributed by atoms with E-state index in [1.807, 2.05) is 17.3 Å². The van der Waals surface area contributed by atoms with Crippen molar-refractivity contribution in [2.75, 3.05) is 39.3 Å². The van der Waals surface area contributed by atoms with Gasteiger partial charge in [0.15, 0.2) is 0 Å². The summed E-state index contributed by atoms with van der Waals surface area (Å²) in [6.45, 7) is 5.16. The zero-order chi connectivity index (χ0) is 19.3. The van der Waals surface area contributed by atoms with Crippen molar-refractivity contribution in [2.24, 2.45) is 0 Å². The highest BCUT2D eigenvalue weighted by atomic mass is 16.2. The average Bonchev–Trinajstić information content (AvgIpc) is 3.25. The summed E-state index contributed by atoms with van der Waals surface area (Å²) < 4.78 is 1.29. The van der Waals surface area contributed by atoms with Crippen molar-refractivity contribution in [1.29, 1.82) is 0 Å². The van der Waals surface area contributed by atoms with Crippen LogP contribution in [0.3, 0.4) is 0 Å². The summed E-state index contributed by atoms with van der Waals surface area (Å²) in [6.07, 6.45) is 11.5. The first kappa shape index (κ1) is 18.5. The van der Waals surface area contributed by atoms with Crippen LogP contribution in [0, 0.1) is 0 Å². The van der Waals surface area contributed by atoms with Crippen LogP contribution in [0.25, 0.3) is 0 Å². The van der Waals surface area contributed by atoms with Gasteiger partial charge in [-0.1, -0.05) is 0 Å². The summed E-state index contributed by atoms with van der Waals surface area (Å²) in [5.74, 6) is -0.0337. The molecule has 0 bridgehead atoms. The predicted octanol–water partition coefficient (Wildman–Crippen LogP) is 1.09. The average molecular weight is 383 g/mol. The van der Waals surface area contributed by atoms with Crippen molar-refractivity contribution in [3.63, 3.8) is 0 Å². The molecule has 0 saturated carbocycles. The quantitative estimate of drug-likeness (QED) is 0.788. The van der Waals surface area contributed by atoms with Crippen molar-refractivity contribution in [3.05, 3.63) is 42.2 Å². The fourth-order valence-corrected chi connectivity index (χ4v) is 3.73. The molecule has 2 aliphatic rings. The Morgan fingerprint density at radius 1 is 0.857 bits per heavy atom. The standard InChI is InChI=1S/C19H25N7O2/c27-18(24-4-2-1-3-5-24)17-12-22-26(14-17)19(28)25-8-6-23(7-9-25)13-16-10-20-15-21-11-16/h10-12,14-15H,1-9,13H2. The Morgan fingerprint density at radius 3 is 2.29 bits per heavy atom. The number of piperidine rings is 1. The minimum absolute atomic E-state index is 0.0337. The molecule has 2 aromatic rings. The van der Waals surface area contributed by atoms with Gasteiger partial charge in [0.25, 0.3) is 5.91 Å². The first-order valence-corrected chi connectivity index (χ1v) is 9.80. The Kier molecular flexibility index (Phi) is 5.61. The van der Waals surface area contributed by atoms with Gasteiger partial charge < -0.3 is 9.80 Å². The smallest absolute Gasteiger partial charge is 0.339 e. The van der Waals surface area contributed by atoms with E-state index in [2.05, 4.69) is 20.0 Å². The molecule has 9 nitrogen and oxygen atoms in total. The number of rotatable bonds is 3. The van der Waals surface area contributed by atoms with Gasteiger partial charge in [0.05, 0.1) is 11.8 Å². The molecular weight excluding hydrogens is 358 g/mol. The molecule has 0 aliphatic carbocycles. The number of likely N-dealkylation sites (tertiary alicyclic amines) is 1. The zero-order valence-corrected chi connectivity index (χ0v) is 15.9. The SMILES string of the molecule is O=C(c1cnn(C(=O)N2CCN(Cc3cncnc3)CC2)c1)N1CCCCC1. The van der Waals surface area contributed by atoms with E-state index >= 15 is 0 Å². The largest absolute Gasteiger partial charge is 0.344 e. The second kappa shape index (κ2) is 8.47. The molecule has 0 N–H and O–H groups in total. The van der Waals surface area contributed by atoms with E-state index in [1.54, 1.807) is 11.1 Å². The van der Waals surface area contributed by atoms with Crippen LogP contribution < -0.4 is 0 Å². The first-order chi connectivity index (χ1) is 13.7. The topological polar surface area (TPSA) is 87.5 Å². The normalized spacial score (nSPS) is 18.3. The van der Waals surface area contributed by atoms with E-state index in [9.17, 15) is 9.59 Å². The maximum atomic E-state index is 12.7. The number of nitrogens with zero attached hydrogens (tertiary/aromatic N) is 7. The molecule has 2 saturated heterocycles. The van der Waals surface area contributed by atoms with Crippen LogP contribution in [0.4, 0.5) is 4.79 Å². The second-order valence-corrected chi connectivity index (χ2v) is 7.32. The molecule has 2 fully saturated rings. The monoisotopic (exact) mass is 383 g/mol. The van der Waals surface area contributed by atoms with Crippen molar-refractivity contribution in [2.45, 2.75) is 25.8 Å². The van der Waals surface area contributed by atoms with Gasteiger partial charge in [-0.3, -0.25) is 9.69 Å². The highest BCUT2D eigenvalue weighted by Gasteiger charge is 2.25. The maximum Gasteiger partial charge on any atom is 0.344 e. The van der Waals surface area contributed by atoms with Crippen molar-refractivity contribution in [3.8, 4) is 0 Å². The van der Waals surface area contributed by atoms with Gasteiger partial charge >= 0.3 is 6.03 Å². The lowest BCUT2D eigenvalue weighted by Gasteiger charge is -2.34. The molecule has 4 rings (SSSR count). The van der Waals surface area contributed by atoms with Crippen molar-refractivity contribution < 1.29 is 9.59 Å². The van der Waals surface area contributed by atoms with Crippen LogP contribution >= 0.6 is 0 Å². The molecule has 2 aromatic heterocycles. The maximum absolute atomic E-state index is 12.7. The summed E-state index contributed by atoms with van der Waals surface area (Å²) in [4.78, 5) is 39.3. The molecule has 28 heavy (non-hydrogen) atoms. The van der Waals surface area contributed by atoms with Gasteiger partial charge in [-0.05, 0) is 19.3 Å². The summed E-state index contributed by atoms with van der Waals surface area (Å²) in [6, 6.07) is -0.180. The number of aromatic nitrogens is 4. The van der Waals surface area contributed by atoms with E-state index in [0.717, 1.165) is 51.1 Å². The van der Waals surface area contributed by atoms with Gasteiger partial charge in [0.2, 0.25) is 0 Å². The minimum Gasteiger partial charge on any atom is -0.339 e. The summed E-state index contributed by atoms with van der Waals surface area (Å²) in [5, 5.41) is 4.14. The highest BCUT2D eigenvalue weighted by Crippen LogP contribution is 2.14. The Bertz CT molecular complexity index is 809. The van der Waals surface area contributed by atoms with E-state index in [4.69, 9.17) is 0 Å².